The van der Waals surface area contributed by atoms with Crippen molar-refractivity contribution in [3.05, 3.63) is 29.8 Å². The highest BCUT2D eigenvalue weighted by atomic mass is 32.2. The van der Waals surface area contributed by atoms with Crippen LogP contribution in [0.4, 0.5) is 4.79 Å². The maximum atomic E-state index is 11.9. The Bertz CT molecular complexity index is 564. The minimum absolute atomic E-state index is 0.00424. The van der Waals surface area contributed by atoms with E-state index in [9.17, 15) is 14.4 Å². The van der Waals surface area contributed by atoms with Crippen LogP contribution in [0.3, 0.4) is 0 Å². The predicted molar refractivity (Wildman–Crippen MR) is 89.5 cm³/mol. The lowest BCUT2D eigenvalue weighted by Crippen LogP contribution is -2.37. The van der Waals surface area contributed by atoms with E-state index in [1.807, 2.05) is 0 Å². The standard InChI is InChI=1S/C16H22N2O4S/c1-11(19)23-13-7-5-12(6-8-13)14(20)17-9-10-18-15(21)22-16(2,3)4/h5-8H,9-10H2,1-4H3,(H,17,20)(H,18,21). The van der Waals surface area contributed by atoms with E-state index in [1.54, 1.807) is 45.0 Å². The van der Waals surface area contributed by atoms with Crippen LogP contribution in [0.1, 0.15) is 38.1 Å². The summed E-state index contributed by atoms with van der Waals surface area (Å²) in [5.41, 5.74) is -0.0531. The quantitative estimate of drug-likeness (QED) is 0.637. The first-order valence-electron chi connectivity index (χ1n) is 7.21. The Labute approximate surface area is 140 Å². The largest absolute Gasteiger partial charge is 0.444 e. The summed E-state index contributed by atoms with van der Waals surface area (Å²) in [6, 6.07) is 6.75. The maximum absolute atomic E-state index is 11.9. The zero-order chi connectivity index (χ0) is 17.5. The van der Waals surface area contributed by atoms with Crippen molar-refractivity contribution < 1.29 is 19.1 Å². The first-order valence-corrected chi connectivity index (χ1v) is 8.02. The van der Waals surface area contributed by atoms with Crippen molar-refractivity contribution in [2.75, 3.05) is 13.1 Å². The summed E-state index contributed by atoms with van der Waals surface area (Å²) in [6.07, 6.45) is -0.516. The lowest BCUT2D eigenvalue weighted by Gasteiger charge is -2.19. The fourth-order valence-electron chi connectivity index (χ4n) is 1.60. The van der Waals surface area contributed by atoms with Gasteiger partial charge in [0.25, 0.3) is 5.91 Å². The van der Waals surface area contributed by atoms with Gasteiger partial charge in [-0.2, -0.15) is 0 Å². The Morgan fingerprint density at radius 1 is 1.04 bits per heavy atom. The number of hydrogen-bond donors (Lipinski definition) is 2. The summed E-state index contributed by atoms with van der Waals surface area (Å²) >= 11 is 1.12. The second-order valence-corrected chi connectivity index (χ2v) is 7.05. The van der Waals surface area contributed by atoms with Gasteiger partial charge < -0.3 is 15.4 Å². The molecule has 2 N–H and O–H groups in total. The minimum Gasteiger partial charge on any atom is -0.444 e. The number of amides is 2. The van der Waals surface area contributed by atoms with Crippen molar-refractivity contribution in [1.29, 1.82) is 0 Å². The molecule has 7 heteroatoms. The number of thioether (sulfide) groups is 1. The van der Waals surface area contributed by atoms with Crippen LogP contribution in [0.2, 0.25) is 0 Å². The van der Waals surface area contributed by atoms with Gasteiger partial charge in [-0.05, 0) is 45.0 Å². The monoisotopic (exact) mass is 338 g/mol. The maximum Gasteiger partial charge on any atom is 0.407 e. The summed E-state index contributed by atoms with van der Waals surface area (Å²) in [5, 5.41) is 5.25. The highest BCUT2D eigenvalue weighted by molar-refractivity contribution is 8.13. The second-order valence-electron chi connectivity index (χ2n) is 5.80. The van der Waals surface area contributed by atoms with Crippen molar-refractivity contribution in [2.45, 2.75) is 38.2 Å². The smallest absolute Gasteiger partial charge is 0.407 e. The molecule has 23 heavy (non-hydrogen) atoms. The Kier molecular flexibility index (Phi) is 7.09. The number of rotatable bonds is 5. The third-order valence-corrected chi connectivity index (χ3v) is 3.25. The molecule has 1 rings (SSSR count). The number of hydrogen-bond acceptors (Lipinski definition) is 5. The molecule has 2 amide bonds. The van der Waals surface area contributed by atoms with Gasteiger partial charge in [-0.1, -0.05) is 11.8 Å². The molecule has 1 aromatic carbocycles. The Hall–Kier alpha value is -2.02. The summed E-state index contributed by atoms with van der Waals surface area (Å²) in [7, 11) is 0. The lowest BCUT2D eigenvalue weighted by atomic mass is 10.2. The summed E-state index contributed by atoms with van der Waals surface area (Å²) in [4.78, 5) is 35.1. The molecule has 0 saturated heterocycles. The van der Waals surface area contributed by atoms with Crippen molar-refractivity contribution in [2.24, 2.45) is 0 Å². The van der Waals surface area contributed by atoms with Gasteiger partial charge in [-0.25, -0.2) is 4.79 Å². The van der Waals surface area contributed by atoms with Crippen LogP contribution in [0, 0.1) is 0 Å². The van der Waals surface area contributed by atoms with Crippen LogP contribution in [-0.4, -0.2) is 35.8 Å². The lowest BCUT2D eigenvalue weighted by molar-refractivity contribution is -0.109. The highest BCUT2D eigenvalue weighted by Gasteiger charge is 2.15. The van der Waals surface area contributed by atoms with Crippen LogP contribution in [-0.2, 0) is 9.53 Å². The molecule has 0 radical (unpaired) electrons. The summed E-state index contributed by atoms with van der Waals surface area (Å²) in [6.45, 7) is 7.40. The molecule has 0 atom stereocenters. The van der Waals surface area contributed by atoms with Gasteiger partial charge in [-0.15, -0.1) is 0 Å². The van der Waals surface area contributed by atoms with Gasteiger partial charge >= 0.3 is 6.09 Å². The molecule has 0 aliphatic carbocycles. The van der Waals surface area contributed by atoms with E-state index < -0.39 is 11.7 Å². The summed E-state index contributed by atoms with van der Waals surface area (Å²) in [5.74, 6) is -0.240. The normalized spacial score (nSPS) is 10.8. The predicted octanol–water partition coefficient (Wildman–Crippen LogP) is 2.58. The van der Waals surface area contributed by atoms with Gasteiger partial charge in [0, 0.05) is 30.5 Å². The summed E-state index contributed by atoms with van der Waals surface area (Å²) < 4.78 is 5.08. The van der Waals surface area contributed by atoms with E-state index >= 15 is 0 Å². The molecular formula is C16H22N2O4S. The number of benzene rings is 1. The van der Waals surface area contributed by atoms with Gasteiger partial charge in [0.2, 0.25) is 0 Å². The molecule has 6 nitrogen and oxygen atoms in total. The Morgan fingerprint density at radius 2 is 1.61 bits per heavy atom. The zero-order valence-electron chi connectivity index (χ0n) is 13.8. The van der Waals surface area contributed by atoms with Crippen LogP contribution in [0.25, 0.3) is 0 Å². The van der Waals surface area contributed by atoms with E-state index in [4.69, 9.17) is 4.74 Å². The number of ether oxygens (including phenoxy) is 1. The van der Waals surface area contributed by atoms with Crippen molar-refractivity contribution >= 4 is 28.9 Å². The molecule has 0 spiro atoms. The number of alkyl carbamates (subject to hydrolysis) is 1. The van der Waals surface area contributed by atoms with Crippen LogP contribution in [0.15, 0.2) is 29.2 Å². The molecule has 126 valence electrons. The SMILES string of the molecule is CC(=O)Sc1ccc(C(=O)NCCNC(=O)OC(C)(C)C)cc1. The van der Waals surface area contributed by atoms with Crippen molar-refractivity contribution in [1.82, 2.24) is 10.6 Å². The zero-order valence-corrected chi connectivity index (χ0v) is 14.6. The molecule has 0 fully saturated rings. The third-order valence-electron chi connectivity index (χ3n) is 2.46. The van der Waals surface area contributed by atoms with Crippen molar-refractivity contribution in [3.63, 3.8) is 0 Å². The Morgan fingerprint density at radius 3 is 2.13 bits per heavy atom. The van der Waals surface area contributed by atoms with E-state index in [0.717, 1.165) is 16.7 Å². The molecule has 0 aromatic heterocycles. The first kappa shape index (κ1) is 19.0. The fraction of sp³-hybridized carbons (Fsp3) is 0.438. The van der Waals surface area contributed by atoms with Gasteiger partial charge in [0.15, 0.2) is 5.12 Å². The highest BCUT2D eigenvalue weighted by Crippen LogP contribution is 2.18. The molecule has 0 aliphatic rings. The van der Waals surface area contributed by atoms with Gasteiger partial charge in [-0.3, -0.25) is 9.59 Å². The van der Waals surface area contributed by atoms with Crippen LogP contribution >= 0.6 is 11.8 Å². The second kappa shape index (κ2) is 8.57. The van der Waals surface area contributed by atoms with E-state index in [0.29, 0.717) is 12.1 Å². The van der Waals surface area contributed by atoms with Crippen LogP contribution < -0.4 is 10.6 Å². The average molecular weight is 338 g/mol. The number of nitrogens with one attached hydrogen (secondary N) is 2. The van der Waals surface area contributed by atoms with E-state index in [1.165, 1.54) is 6.92 Å². The minimum atomic E-state index is -0.549. The topological polar surface area (TPSA) is 84.5 Å². The molecular weight excluding hydrogens is 316 g/mol. The van der Waals surface area contributed by atoms with Gasteiger partial charge in [0.1, 0.15) is 5.60 Å². The van der Waals surface area contributed by atoms with Crippen LogP contribution in [0.5, 0.6) is 0 Å². The van der Waals surface area contributed by atoms with Crippen molar-refractivity contribution in [3.8, 4) is 0 Å². The fourth-order valence-corrected chi connectivity index (χ4v) is 2.20. The molecule has 0 heterocycles. The Balaban J connectivity index is 2.34. The molecule has 0 aliphatic heterocycles. The number of carbonyl (C=O) groups is 3. The molecule has 0 saturated carbocycles. The molecule has 0 bridgehead atoms. The van der Waals surface area contributed by atoms with Gasteiger partial charge in [0.05, 0.1) is 0 Å². The first-order chi connectivity index (χ1) is 10.7. The van der Waals surface area contributed by atoms with E-state index in [2.05, 4.69) is 10.6 Å². The molecule has 0 unspecified atom stereocenters. The molecule has 1 aromatic rings. The number of carbonyl (C=O) groups excluding carboxylic acids is 3. The third kappa shape index (κ3) is 8.25. The average Bonchev–Trinajstić information content (AvgIpc) is 2.41. The van der Waals surface area contributed by atoms with E-state index in [-0.39, 0.29) is 17.6 Å².